The molecule has 2 amide bonds. The molecule has 0 spiro atoms. The summed E-state index contributed by atoms with van der Waals surface area (Å²) in [4.78, 5) is 55.1. The third-order valence-electron chi connectivity index (χ3n) is 10.9. The molecule has 0 fully saturated rings. The van der Waals surface area contributed by atoms with Gasteiger partial charge in [-0.3, -0.25) is 19.2 Å². The van der Waals surface area contributed by atoms with Crippen molar-refractivity contribution in [2.45, 2.75) is 12.8 Å². The van der Waals surface area contributed by atoms with Crippen LogP contribution < -0.4 is 10.6 Å². The van der Waals surface area contributed by atoms with Gasteiger partial charge in [-0.15, -0.1) is 0 Å². The zero-order valence-electron chi connectivity index (χ0n) is 28.2. The molecule has 8 nitrogen and oxygen atoms in total. The summed E-state index contributed by atoms with van der Waals surface area (Å²) in [5, 5.41) is 7.77. The van der Waals surface area contributed by atoms with Crippen LogP contribution in [-0.2, 0) is 12.8 Å². The summed E-state index contributed by atoms with van der Waals surface area (Å²) in [6, 6.07) is 33.6. The molecule has 11 rings (SSSR count). The van der Waals surface area contributed by atoms with Crippen LogP contribution >= 0.6 is 23.1 Å². The molecule has 0 unspecified atom stereocenters. The number of benzene rings is 6. The minimum atomic E-state index is -0.304. The van der Waals surface area contributed by atoms with Gasteiger partial charge in [0.05, 0.1) is 31.9 Å². The van der Waals surface area contributed by atoms with Crippen LogP contribution in [0.1, 0.15) is 74.8 Å². The molecule has 3 aliphatic rings. The van der Waals surface area contributed by atoms with Gasteiger partial charge in [0.25, 0.3) is 11.8 Å². The lowest BCUT2D eigenvalue weighted by Gasteiger charge is -2.25. The second-order valence-corrected chi connectivity index (χ2v) is 15.2. The van der Waals surface area contributed by atoms with Gasteiger partial charge in [0.15, 0.2) is 11.6 Å². The van der Waals surface area contributed by atoms with Crippen LogP contribution in [0.2, 0.25) is 0 Å². The van der Waals surface area contributed by atoms with Crippen molar-refractivity contribution in [2.75, 3.05) is 10.6 Å². The first-order valence-electron chi connectivity index (χ1n) is 17.4. The number of aromatic nitrogens is 2. The van der Waals surface area contributed by atoms with Crippen molar-refractivity contribution in [3.8, 4) is 22.5 Å². The highest BCUT2D eigenvalue weighted by atomic mass is 32.1. The predicted molar refractivity (Wildman–Crippen MR) is 211 cm³/mol. The highest BCUT2D eigenvalue weighted by molar-refractivity contribution is 7.14. The lowest BCUT2D eigenvalue weighted by molar-refractivity contribution is 0.101. The average molecular weight is 737 g/mol. The third kappa shape index (κ3) is 4.35. The van der Waals surface area contributed by atoms with E-state index in [4.69, 9.17) is 8.75 Å². The Hall–Kier alpha value is -6.62. The molecule has 2 N–H and O–H groups in total. The van der Waals surface area contributed by atoms with E-state index in [1.54, 1.807) is 24.3 Å². The first kappa shape index (κ1) is 31.0. The minimum absolute atomic E-state index is 0.0740. The molecule has 0 radical (unpaired) electrons. The first-order valence-corrected chi connectivity index (χ1v) is 19.0. The number of nitrogens with one attached hydrogen (secondary N) is 2. The molecule has 2 aromatic heterocycles. The number of ketones is 2. The molecule has 0 atom stereocenters. The van der Waals surface area contributed by atoms with Crippen LogP contribution in [0.15, 0.2) is 109 Å². The Kier molecular flexibility index (Phi) is 6.56. The maximum atomic E-state index is 14.1. The number of amides is 2. The number of rotatable bonds is 4. The Bertz CT molecular complexity index is 2850. The normalized spacial score (nSPS) is 13.3. The number of anilines is 2. The summed E-state index contributed by atoms with van der Waals surface area (Å²) < 4.78 is 10.7. The molecule has 256 valence electrons. The summed E-state index contributed by atoms with van der Waals surface area (Å²) in [6.45, 7) is 0. The number of hydrogen-bond donors (Lipinski definition) is 2. The molecule has 0 aliphatic heterocycles. The molecular weight excluding hydrogens is 713 g/mol. The van der Waals surface area contributed by atoms with Crippen molar-refractivity contribution >= 4 is 78.0 Å². The van der Waals surface area contributed by atoms with Crippen molar-refractivity contribution in [1.29, 1.82) is 0 Å². The van der Waals surface area contributed by atoms with E-state index in [-0.39, 0.29) is 23.4 Å². The van der Waals surface area contributed by atoms with Crippen molar-refractivity contribution in [2.24, 2.45) is 0 Å². The Labute approximate surface area is 315 Å². The Morgan fingerprint density at radius 2 is 0.889 bits per heavy atom. The molecule has 0 bridgehead atoms. The molecule has 2 heterocycles. The molecule has 10 heteroatoms. The van der Waals surface area contributed by atoms with Crippen molar-refractivity contribution in [3.05, 3.63) is 165 Å². The number of carbonyl (C=O) groups excluding carboxylic acids is 4. The van der Waals surface area contributed by atoms with Gasteiger partial charge in [0, 0.05) is 68.4 Å². The number of nitrogens with zero attached hydrogens (tertiary/aromatic N) is 2. The van der Waals surface area contributed by atoms with Crippen LogP contribution in [0, 0.1) is 0 Å². The van der Waals surface area contributed by atoms with Crippen LogP contribution in [0.25, 0.3) is 42.7 Å². The highest BCUT2D eigenvalue weighted by Crippen LogP contribution is 2.44. The van der Waals surface area contributed by atoms with Gasteiger partial charge in [0.2, 0.25) is 0 Å². The first-order chi connectivity index (χ1) is 26.4. The maximum Gasteiger partial charge on any atom is 0.257 e. The Morgan fingerprint density at radius 3 is 1.33 bits per heavy atom. The van der Waals surface area contributed by atoms with Crippen LogP contribution in [0.4, 0.5) is 11.4 Å². The Balaban J connectivity index is 0.960. The van der Waals surface area contributed by atoms with Gasteiger partial charge in [-0.25, -0.2) is 0 Å². The molecule has 0 saturated carbocycles. The standard InChI is InChI=1S/C44H24N4O4S2/c49-39-25-11-5-3-9-23(25)37-35-27(39)13-15-29(41(35)53-47-37)43(51)45-33-17-18-34(32-20-22-8-2-1-7-21(22)19-31(32)33)46-44(52)30-16-14-28-36-38(48-54-42(30)36)24-10-4-6-12-26(24)40(28)50/h1-18H,19-20H2,(H,45,51)(H,46,52). The summed E-state index contributed by atoms with van der Waals surface area (Å²) in [5.74, 6) is -0.755. The monoisotopic (exact) mass is 736 g/mol. The van der Waals surface area contributed by atoms with Gasteiger partial charge in [-0.1, -0.05) is 72.8 Å². The van der Waals surface area contributed by atoms with E-state index in [0.29, 0.717) is 77.8 Å². The third-order valence-corrected chi connectivity index (χ3v) is 12.6. The lowest BCUT2D eigenvalue weighted by Crippen LogP contribution is -2.20. The summed E-state index contributed by atoms with van der Waals surface area (Å²) >= 11 is 2.45. The van der Waals surface area contributed by atoms with E-state index >= 15 is 0 Å². The zero-order valence-corrected chi connectivity index (χ0v) is 29.8. The average Bonchev–Trinajstić information content (AvgIpc) is 3.86. The molecule has 3 aliphatic carbocycles. The van der Waals surface area contributed by atoms with E-state index in [0.717, 1.165) is 44.8 Å². The second kappa shape index (κ2) is 11.4. The van der Waals surface area contributed by atoms with Gasteiger partial charge < -0.3 is 10.6 Å². The fourth-order valence-electron chi connectivity index (χ4n) is 8.26. The molecule has 0 saturated heterocycles. The summed E-state index contributed by atoms with van der Waals surface area (Å²) in [5.41, 5.74) is 11.6. The molecule has 54 heavy (non-hydrogen) atoms. The zero-order chi connectivity index (χ0) is 36.2. The Morgan fingerprint density at radius 1 is 0.481 bits per heavy atom. The topological polar surface area (TPSA) is 118 Å². The number of hydrogen-bond acceptors (Lipinski definition) is 8. The lowest BCUT2D eigenvalue weighted by atomic mass is 9.84. The van der Waals surface area contributed by atoms with Crippen molar-refractivity contribution in [1.82, 2.24) is 8.75 Å². The SMILES string of the molecule is O=C(Nc1ccc(NC(=O)c2ccc3c4c(nsc24)-c2ccccc2C3=O)c2c1Cc1ccccc1C2)c1ccc2c3c(nsc13)-c1ccccc1C2=O. The quantitative estimate of drug-likeness (QED) is 0.186. The molecular formula is C44H24N4O4S2. The van der Waals surface area contributed by atoms with Gasteiger partial charge in [0.1, 0.15) is 0 Å². The summed E-state index contributed by atoms with van der Waals surface area (Å²) in [6.07, 6.45) is 1.13. The van der Waals surface area contributed by atoms with Gasteiger partial charge >= 0.3 is 0 Å². The van der Waals surface area contributed by atoms with E-state index in [1.165, 1.54) is 23.1 Å². The minimum Gasteiger partial charge on any atom is -0.322 e. The second-order valence-electron chi connectivity index (χ2n) is 13.7. The summed E-state index contributed by atoms with van der Waals surface area (Å²) in [7, 11) is 0. The van der Waals surface area contributed by atoms with Gasteiger partial charge in [-0.2, -0.15) is 8.75 Å². The van der Waals surface area contributed by atoms with Crippen molar-refractivity contribution in [3.63, 3.8) is 0 Å². The number of fused-ring (bicyclic) bond motifs is 6. The highest BCUT2D eigenvalue weighted by Gasteiger charge is 2.32. The fraction of sp³-hybridized carbons (Fsp3) is 0.0455. The van der Waals surface area contributed by atoms with Gasteiger partial charge in [-0.05, 0) is 81.7 Å². The smallest absolute Gasteiger partial charge is 0.257 e. The maximum absolute atomic E-state index is 14.1. The van der Waals surface area contributed by atoms with Crippen molar-refractivity contribution < 1.29 is 19.2 Å². The van der Waals surface area contributed by atoms with Crippen LogP contribution in [0.3, 0.4) is 0 Å². The largest absolute Gasteiger partial charge is 0.322 e. The molecule has 6 aromatic carbocycles. The van der Waals surface area contributed by atoms with E-state index in [9.17, 15) is 19.2 Å². The number of carbonyl (C=O) groups is 4. The van der Waals surface area contributed by atoms with E-state index in [1.807, 2.05) is 72.8 Å². The molecule has 8 aromatic rings. The van der Waals surface area contributed by atoms with Crippen LogP contribution in [0.5, 0.6) is 0 Å². The van der Waals surface area contributed by atoms with Crippen LogP contribution in [-0.4, -0.2) is 32.1 Å². The predicted octanol–water partition coefficient (Wildman–Crippen LogP) is 9.33. The fourth-order valence-corrected chi connectivity index (χ4v) is 10.1. The van der Waals surface area contributed by atoms with E-state index < -0.39 is 0 Å². The van der Waals surface area contributed by atoms with E-state index in [2.05, 4.69) is 22.8 Å².